The molecule has 3 aromatic rings. The van der Waals surface area contributed by atoms with Gasteiger partial charge in [-0.2, -0.15) is 5.10 Å². The molecule has 0 aliphatic carbocycles. The van der Waals surface area contributed by atoms with E-state index in [1.165, 1.54) is 15.3 Å². The highest BCUT2D eigenvalue weighted by Gasteiger charge is 2.02. The number of nitrogens with zero attached hydrogens (tertiary/aromatic N) is 3. The third kappa shape index (κ3) is 5.57. The van der Waals surface area contributed by atoms with Gasteiger partial charge in [0.2, 0.25) is 0 Å². The lowest BCUT2D eigenvalue weighted by atomic mass is 10.2. The van der Waals surface area contributed by atoms with Gasteiger partial charge in [-0.05, 0) is 42.8 Å². The number of rotatable bonds is 5. The molecule has 2 N–H and O–H groups in total. The van der Waals surface area contributed by atoms with Gasteiger partial charge in [-0.15, -0.1) is 35.3 Å². The Bertz CT molecular complexity index is 811. The fourth-order valence-electron chi connectivity index (χ4n) is 2.39. The fourth-order valence-corrected chi connectivity index (χ4v) is 3.22. The minimum absolute atomic E-state index is 0. The number of aryl methyl sites for hydroxylation is 1. The summed E-state index contributed by atoms with van der Waals surface area (Å²) in [6.07, 6.45) is 3.72. The Hall–Kier alpha value is -1.87. The molecule has 5 nitrogen and oxygen atoms in total. The second-order valence-electron chi connectivity index (χ2n) is 5.41. The molecule has 0 saturated heterocycles. The maximum Gasteiger partial charge on any atom is 0.191 e. The first kappa shape index (κ1) is 19.5. The Kier molecular flexibility index (Phi) is 7.45. The Labute approximate surface area is 169 Å². The molecule has 1 aromatic carbocycles. The van der Waals surface area contributed by atoms with Gasteiger partial charge in [0.15, 0.2) is 5.96 Å². The van der Waals surface area contributed by atoms with Crippen LogP contribution in [0.15, 0.2) is 59.9 Å². The summed E-state index contributed by atoms with van der Waals surface area (Å²) in [6.45, 7) is 3.61. The Balaban J connectivity index is 0.00000225. The number of aliphatic imine (C=N–C) groups is 1. The topological polar surface area (TPSA) is 54.2 Å². The first-order chi connectivity index (χ1) is 11.7. The van der Waals surface area contributed by atoms with E-state index in [1.54, 1.807) is 24.6 Å². The summed E-state index contributed by atoms with van der Waals surface area (Å²) in [5.74, 6) is 0.797. The van der Waals surface area contributed by atoms with Crippen LogP contribution in [-0.4, -0.2) is 22.8 Å². The second-order valence-corrected chi connectivity index (χ2v) is 6.78. The zero-order chi connectivity index (χ0) is 16.8. The van der Waals surface area contributed by atoms with Crippen molar-refractivity contribution in [3.05, 3.63) is 70.2 Å². The molecule has 3 rings (SSSR count). The van der Waals surface area contributed by atoms with Crippen LogP contribution in [0.1, 0.15) is 15.3 Å². The van der Waals surface area contributed by atoms with E-state index in [-0.39, 0.29) is 24.0 Å². The van der Waals surface area contributed by atoms with Gasteiger partial charge in [0.1, 0.15) is 0 Å². The molecule has 7 heteroatoms. The summed E-state index contributed by atoms with van der Waals surface area (Å²) in [5.41, 5.74) is 2.23. The van der Waals surface area contributed by atoms with Crippen molar-refractivity contribution in [2.24, 2.45) is 4.99 Å². The van der Waals surface area contributed by atoms with Crippen LogP contribution in [0.2, 0.25) is 0 Å². The molecule has 0 radical (unpaired) electrons. The van der Waals surface area contributed by atoms with E-state index >= 15 is 0 Å². The molecule has 2 aromatic heterocycles. The van der Waals surface area contributed by atoms with Gasteiger partial charge < -0.3 is 10.6 Å². The zero-order valence-corrected chi connectivity index (χ0v) is 17.4. The summed E-state index contributed by atoms with van der Waals surface area (Å²) < 4.78 is 1.86. The molecule has 0 saturated carbocycles. The first-order valence-electron chi connectivity index (χ1n) is 7.83. The molecular weight excluding hydrogens is 445 g/mol. The molecule has 0 amide bonds. The van der Waals surface area contributed by atoms with Crippen molar-refractivity contribution in [2.75, 3.05) is 7.05 Å². The molecule has 0 fully saturated rings. The molecule has 2 heterocycles. The number of nitrogens with one attached hydrogen (secondary N) is 2. The van der Waals surface area contributed by atoms with Crippen molar-refractivity contribution in [1.82, 2.24) is 20.4 Å². The van der Waals surface area contributed by atoms with Gasteiger partial charge in [0, 0.05) is 35.7 Å². The van der Waals surface area contributed by atoms with Crippen LogP contribution in [0.5, 0.6) is 0 Å². The van der Waals surface area contributed by atoms with E-state index < -0.39 is 0 Å². The first-order valence-corrected chi connectivity index (χ1v) is 8.65. The lowest BCUT2D eigenvalue weighted by Crippen LogP contribution is -2.36. The molecule has 0 unspecified atom stereocenters. The van der Waals surface area contributed by atoms with Crippen LogP contribution in [0.25, 0.3) is 5.69 Å². The summed E-state index contributed by atoms with van der Waals surface area (Å²) in [6, 6.07) is 14.5. The third-order valence-corrected chi connectivity index (χ3v) is 4.59. The summed E-state index contributed by atoms with van der Waals surface area (Å²) in [7, 11) is 1.79. The van der Waals surface area contributed by atoms with Gasteiger partial charge >= 0.3 is 0 Å². The molecule has 0 aliphatic rings. The smallest absolute Gasteiger partial charge is 0.191 e. The maximum atomic E-state index is 4.28. The van der Waals surface area contributed by atoms with Crippen LogP contribution in [0.3, 0.4) is 0 Å². The van der Waals surface area contributed by atoms with Crippen LogP contribution in [0, 0.1) is 6.92 Å². The van der Waals surface area contributed by atoms with Crippen molar-refractivity contribution in [3.63, 3.8) is 0 Å². The number of benzene rings is 1. The number of aromatic nitrogens is 2. The molecule has 0 bridgehead atoms. The van der Waals surface area contributed by atoms with Gasteiger partial charge in [-0.1, -0.05) is 12.1 Å². The van der Waals surface area contributed by atoms with E-state index in [0.717, 1.165) is 18.2 Å². The predicted molar refractivity (Wildman–Crippen MR) is 115 cm³/mol. The zero-order valence-electron chi connectivity index (χ0n) is 14.3. The van der Waals surface area contributed by atoms with Crippen molar-refractivity contribution >= 4 is 41.3 Å². The fraction of sp³-hybridized carbons (Fsp3) is 0.222. The van der Waals surface area contributed by atoms with Crippen molar-refractivity contribution in [3.8, 4) is 5.69 Å². The SMILES string of the molecule is CN=C(NCc1cccc(-n2cccn2)c1)NCc1ccc(C)s1.I. The predicted octanol–water partition coefficient (Wildman–Crippen LogP) is 3.73. The lowest BCUT2D eigenvalue weighted by molar-refractivity contribution is 0.812. The normalized spacial score (nSPS) is 11.0. The highest BCUT2D eigenvalue weighted by atomic mass is 127. The van der Waals surface area contributed by atoms with E-state index in [0.29, 0.717) is 6.54 Å². The molecule has 0 atom stereocenters. The Morgan fingerprint density at radius 2 is 2.00 bits per heavy atom. The second kappa shape index (κ2) is 9.57. The number of guanidine groups is 1. The number of hydrogen-bond acceptors (Lipinski definition) is 3. The average molecular weight is 467 g/mol. The van der Waals surface area contributed by atoms with Crippen molar-refractivity contribution < 1.29 is 0 Å². The number of hydrogen-bond donors (Lipinski definition) is 2. The highest BCUT2D eigenvalue weighted by Crippen LogP contribution is 2.14. The van der Waals surface area contributed by atoms with E-state index in [2.05, 4.69) is 51.9 Å². The largest absolute Gasteiger partial charge is 0.352 e. The summed E-state index contributed by atoms with van der Waals surface area (Å²) >= 11 is 1.80. The molecular formula is C18H22IN5S. The minimum Gasteiger partial charge on any atom is -0.352 e. The monoisotopic (exact) mass is 467 g/mol. The lowest BCUT2D eigenvalue weighted by Gasteiger charge is -2.12. The van der Waals surface area contributed by atoms with Crippen molar-refractivity contribution in [1.29, 1.82) is 0 Å². The van der Waals surface area contributed by atoms with Gasteiger partial charge in [0.25, 0.3) is 0 Å². The summed E-state index contributed by atoms with van der Waals surface area (Å²) in [4.78, 5) is 6.91. The van der Waals surface area contributed by atoms with E-state index in [4.69, 9.17) is 0 Å². The van der Waals surface area contributed by atoms with Crippen LogP contribution in [0.4, 0.5) is 0 Å². The van der Waals surface area contributed by atoms with Crippen LogP contribution < -0.4 is 10.6 Å². The number of thiophene rings is 1. The maximum absolute atomic E-state index is 4.28. The third-order valence-electron chi connectivity index (χ3n) is 3.59. The Morgan fingerprint density at radius 1 is 1.16 bits per heavy atom. The number of halogens is 1. The minimum atomic E-state index is 0. The highest BCUT2D eigenvalue weighted by molar-refractivity contribution is 14.0. The quantitative estimate of drug-likeness (QED) is 0.342. The molecule has 25 heavy (non-hydrogen) atoms. The van der Waals surface area contributed by atoms with Gasteiger partial charge in [-0.25, -0.2) is 4.68 Å². The molecule has 0 aliphatic heterocycles. The molecule has 132 valence electrons. The van der Waals surface area contributed by atoms with Crippen LogP contribution in [-0.2, 0) is 13.1 Å². The van der Waals surface area contributed by atoms with Crippen LogP contribution >= 0.6 is 35.3 Å². The average Bonchev–Trinajstić information content (AvgIpc) is 3.27. The summed E-state index contributed by atoms with van der Waals surface area (Å²) in [5, 5.41) is 11.0. The van der Waals surface area contributed by atoms with E-state index in [1.807, 2.05) is 29.1 Å². The van der Waals surface area contributed by atoms with Gasteiger partial charge in [0.05, 0.1) is 12.2 Å². The molecule has 0 spiro atoms. The standard InChI is InChI=1S/C18H21N5S.HI/c1-14-7-8-17(24-14)13-21-18(19-2)20-12-15-5-3-6-16(11-15)23-10-4-9-22-23;/h3-11H,12-13H2,1-2H3,(H2,19,20,21);1H. The Morgan fingerprint density at radius 3 is 2.68 bits per heavy atom. The van der Waals surface area contributed by atoms with Crippen molar-refractivity contribution in [2.45, 2.75) is 20.0 Å². The van der Waals surface area contributed by atoms with E-state index in [9.17, 15) is 0 Å². The van der Waals surface area contributed by atoms with Gasteiger partial charge in [-0.3, -0.25) is 4.99 Å².